The van der Waals surface area contributed by atoms with E-state index in [1.54, 1.807) is 0 Å². The average molecular weight is 274 g/mol. The summed E-state index contributed by atoms with van der Waals surface area (Å²) in [5.74, 6) is 3.48. The van der Waals surface area contributed by atoms with Crippen LogP contribution in [0.15, 0.2) is 23.9 Å². The summed E-state index contributed by atoms with van der Waals surface area (Å²) in [5, 5.41) is 3.26. The predicted octanol–water partition coefficient (Wildman–Crippen LogP) is 0.756. The maximum absolute atomic E-state index is 11.3. The first-order valence-corrected chi connectivity index (χ1v) is 6.88. The summed E-state index contributed by atoms with van der Waals surface area (Å²) in [6, 6.07) is 5.80. The number of rotatable bonds is 2. The molecule has 0 radical (unpaired) electrons. The Morgan fingerprint density at radius 3 is 2.90 bits per heavy atom. The molecule has 2 heterocycles. The molecule has 5 nitrogen and oxygen atoms in total. The van der Waals surface area contributed by atoms with Gasteiger partial charge in [-0.1, -0.05) is 6.07 Å². The van der Waals surface area contributed by atoms with E-state index in [1.165, 1.54) is 0 Å². The number of fused-ring (bicyclic) bond motifs is 1. The van der Waals surface area contributed by atoms with Crippen molar-refractivity contribution >= 4 is 5.94 Å². The van der Waals surface area contributed by atoms with E-state index >= 15 is 0 Å². The van der Waals surface area contributed by atoms with Crippen LogP contribution in [-0.2, 0) is 4.79 Å². The van der Waals surface area contributed by atoms with Gasteiger partial charge < -0.3 is 19.7 Å². The van der Waals surface area contributed by atoms with Crippen molar-refractivity contribution in [3.63, 3.8) is 0 Å². The second kappa shape index (κ2) is 5.57. The number of benzene rings is 1. The maximum atomic E-state index is 11.3. The smallest absolute Gasteiger partial charge is 0.183 e. The van der Waals surface area contributed by atoms with E-state index in [-0.39, 0.29) is 6.10 Å². The molecule has 0 saturated carbocycles. The van der Waals surface area contributed by atoms with Gasteiger partial charge in [-0.15, -0.1) is 0 Å². The zero-order valence-electron chi connectivity index (χ0n) is 11.5. The molecule has 1 N–H and O–H groups in total. The van der Waals surface area contributed by atoms with E-state index < -0.39 is 0 Å². The Balaban J connectivity index is 1.78. The van der Waals surface area contributed by atoms with Gasteiger partial charge in [-0.3, -0.25) is 0 Å². The van der Waals surface area contributed by atoms with Crippen LogP contribution in [0.5, 0.6) is 11.5 Å². The van der Waals surface area contributed by atoms with E-state index in [1.807, 2.05) is 36.0 Å². The number of piperazine rings is 1. The Kier molecular flexibility index (Phi) is 3.63. The van der Waals surface area contributed by atoms with Crippen molar-refractivity contribution in [2.45, 2.75) is 13.0 Å². The lowest BCUT2D eigenvalue weighted by atomic mass is 10.1. The molecule has 1 saturated heterocycles. The normalized spacial score (nSPS) is 21.2. The molecule has 5 heteroatoms. The van der Waals surface area contributed by atoms with Crippen LogP contribution in [0.4, 0.5) is 0 Å². The van der Waals surface area contributed by atoms with Crippen LogP contribution in [0.1, 0.15) is 5.56 Å². The quantitative estimate of drug-likeness (QED) is 0.807. The molecule has 0 spiro atoms. The third-order valence-electron chi connectivity index (χ3n) is 3.63. The molecule has 0 aliphatic carbocycles. The number of hydrogen-bond acceptors (Lipinski definition) is 5. The standard InChI is InChI=1S/C15H18N2O3/c1-11-2-3-13-14(8-11)19-10-15(20-13)12(9-18)17-6-4-16-5-7-17/h2-3,8,15-16H,4-7,10H2,1H3. The van der Waals surface area contributed by atoms with Crippen LogP contribution in [-0.4, -0.2) is 49.7 Å². The van der Waals surface area contributed by atoms with Crippen LogP contribution < -0.4 is 14.8 Å². The van der Waals surface area contributed by atoms with E-state index in [9.17, 15) is 4.79 Å². The van der Waals surface area contributed by atoms with Crippen molar-refractivity contribution in [3.8, 4) is 11.5 Å². The van der Waals surface area contributed by atoms with Crippen molar-refractivity contribution in [2.24, 2.45) is 0 Å². The SMILES string of the molecule is Cc1ccc2c(c1)OCC(C(=C=O)N1CCNCC1)O2. The van der Waals surface area contributed by atoms with Crippen LogP contribution in [0.25, 0.3) is 0 Å². The fourth-order valence-electron chi connectivity index (χ4n) is 2.55. The first-order valence-electron chi connectivity index (χ1n) is 6.88. The second-order valence-electron chi connectivity index (χ2n) is 5.09. The van der Waals surface area contributed by atoms with Gasteiger partial charge >= 0.3 is 0 Å². The molecule has 20 heavy (non-hydrogen) atoms. The van der Waals surface area contributed by atoms with Gasteiger partial charge in [-0.05, 0) is 24.6 Å². The molecular formula is C15H18N2O3. The number of nitrogens with one attached hydrogen (secondary N) is 1. The molecule has 0 aromatic heterocycles. The van der Waals surface area contributed by atoms with Crippen LogP contribution in [0, 0.1) is 6.92 Å². The van der Waals surface area contributed by atoms with Gasteiger partial charge in [0, 0.05) is 26.2 Å². The zero-order valence-corrected chi connectivity index (χ0v) is 11.5. The molecule has 2 aliphatic rings. The minimum Gasteiger partial charge on any atom is -0.485 e. The van der Waals surface area contributed by atoms with E-state index in [4.69, 9.17) is 9.47 Å². The van der Waals surface area contributed by atoms with Crippen molar-refractivity contribution in [2.75, 3.05) is 32.8 Å². The van der Waals surface area contributed by atoms with Crippen molar-refractivity contribution < 1.29 is 14.3 Å². The van der Waals surface area contributed by atoms with Gasteiger partial charge in [-0.2, -0.15) is 0 Å². The lowest BCUT2D eigenvalue weighted by molar-refractivity contribution is 0.0899. The highest BCUT2D eigenvalue weighted by molar-refractivity contribution is 5.55. The third kappa shape index (κ3) is 2.50. The van der Waals surface area contributed by atoms with Crippen molar-refractivity contribution in [3.05, 3.63) is 29.5 Å². The summed E-state index contributed by atoms with van der Waals surface area (Å²) in [7, 11) is 0. The molecular weight excluding hydrogens is 256 g/mol. The average Bonchev–Trinajstić information content (AvgIpc) is 2.49. The minimum absolute atomic E-state index is 0.352. The first-order chi connectivity index (χ1) is 9.78. The molecule has 1 unspecified atom stereocenters. The molecule has 2 aliphatic heterocycles. The summed E-state index contributed by atoms with van der Waals surface area (Å²) < 4.78 is 11.6. The minimum atomic E-state index is -0.374. The molecule has 1 atom stereocenters. The van der Waals surface area contributed by atoms with Gasteiger partial charge in [-0.25, -0.2) is 4.79 Å². The predicted molar refractivity (Wildman–Crippen MR) is 74.7 cm³/mol. The Labute approximate surface area is 118 Å². The fraction of sp³-hybridized carbons (Fsp3) is 0.467. The molecule has 1 aromatic rings. The van der Waals surface area contributed by atoms with Gasteiger partial charge in [0.1, 0.15) is 18.2 Å². The van der Waals surface area contributed by atoms with Gasteiger partial charge in [0.15, 0.2) is 17.6 Å². The Morgan fingerprint density at radius 1 is 1.35 bits per heavy atom. The highest BCUT2D eigenvalue weighted by atomic mass is 16.6. The lowest BCUT2D eigenvalue weighted by Crippen LogP contribution is -2.47. The van der Waals surface area contributed by atoms with E-state index in [0.29, 0.717) is 18.1 Å². The third-order valence-corrected chi connectivity index (χ3v) is 3.63. The fourth-order valence-corrected chi connectivity index (χ4v) is 2.55. The van der Waals surface area contributed by atoms with E-state index in [0.717, 1.165) is 37.5 Å². The molecule has 1 aromatic carbocycles. The van der Waals surface area contributed by atoms with Gasteiger partial charge in [0.25, 0.3) is 0 Å². The molecule has 106 valence electrons. The zero-order chi connectivity index (χ0) is 13.9. The van der Waals surface area contributed by atoms with Crippen molar-refractivity contribution in [1.82, 2.24) is 10.2 Å². The summed E-state index contributed by atoms with van der Waals surface area (Å²) in [6.45, 7) is 5.69. The van der Waals surface area contributed by atoms with E-state index in [2.05, 4.69) is 5.32 Å². The summed E-state index contributed by atoms with van der Waals surface area (Å²) >= 11 is 0. The van der Waals surface area contributed by atoms with Crippen LogP contribution in [0.3, 0.4) is 0 Å². The summed E-state index contributed by atoms with van der Waals surface area (Å²) in [4.78, 5) is 13.3. The monoisotopic (exact) mass is 274 g/mol. The highest BCUT2D eigenvalue weighted by Gasteiger charge is 2.29. The van der Waals surface area contributed by atoms with Crippen molar-refractivity contribution in [1.29, 1.82) is 0 Å². The van der Waals surface area contributed by atoms with Crippen LogP contribution in [0.2, 0.25) is 0 Å². The number of aryl methyl sites for hydroxylation is 1. The largest absolute Gasteiger partial charge is 0.485 e. The van der Waals surface area contributed by atoms with Gasteiger partial charge in [0.2, 0.25) is 0 Å². The second-order valence-corrected chi connectivity index (χ2v) is 5.09. The Morgan fingerprint density at radius 2 is 2.15 bits per heavy atom. The molecule has 0 bridgehead atoms. The van der Waals surface area contributed by atoms with Crippen LogP contribution >= 0.6 is 0 Å². The molecule has 1 fully saturated rings. The number of nitrogens with zero attached hydrogens (tertiary/aromatic N) is 1. The topological polar surface area (TPSA) is 50.8 Å². The Hall–Kier alpha value is -1.97. The number of carbonyl (C=O) groups excluding carboxylic acids is 1. The Bertz CT molecular complexity index is 546. The maximum Gasteiger partial charge on any atom is 0.183 e. The first kappa shape index (κ1) is 13.0. The lowest BCUT2D eigenvalue weighted by Gasteiger charge is -2.35. The number of ether oxygens (including phenoxy) is 2. The molecule has 3 rings (SSSR count). The number of hydrogen-bond donors (Lipinski definition) is 1. The summed E-state index contributed by atoms with van der Waals surface area (Å²) in [6.07, 6.45) is -0.374. The highest BCUT2D eigenvalue weighted by Crippen LogP contribution is 2.34. The molecule has 0 amide bonds. The van der Waals surface area contributed by atoms with Gasteiger partial charge in [0.05, 0.1) is 0 Å². The summed E-state index contributed by atoms with van der Waals surface area (Å²) in [5.41, 5.74) is 1.68.